The van der Waals surface area contributed by atoms with Crippen molar-refractivity contribution in [3.8, 4) is 11.3 Å². The molecule has 2 heterocycles. The standard InChI is InChI=1S/C13H13F2N3/c14-10-2-1-8(5-11(10)15)13-12-6-9(16)3-4-18(12)7-17-13/h1-2,5,7,9H,3-4,6,16H2. The van der Waals surface area contributed by atoms with Crippen molar-refractivity contribution >= 4 is 0 Å². The summed E-state index contributed by atoms with van der Waals surface area (Å²) >= 11 is 0. The Balaban J connectivity index is 2.07. The van der Waals surface area contributed by atoms with E-state index in [1.807, 2.05) is 4.57 Å². The molecule has 0 bridgehead atoms. The number of aryl methyl sites for hydroxylation is 1. The van der Waals surface area contributed by atoms with E-state index in [-0.39, 0.29) is 6.04 Å². The van der Waals surface area contributed by atoms with Gasteiger partial charge >= 0.3 is 0 Å². The van der Waals surface area contributed by atoms with Crippen molar-refractivity contribution in [3.05, 3.63) is 41.9 Å². The van der Waals surface area contributed by atoms with E-state index in [9.17, 15) is 8.78 Å². The summed E-state index contributed by atoms with van der Waals surface area (Å²) in [6.45, 7) is 0.827. The molecule has 0 saturated carbocycles. The van der Waals surface area contributed by atoms with Gasteiger partial charge in [-0.15, -0.1) is 0 Å². The quantitative estimate of drug-likeness (QED) is 0.841. The minimum absolute atomic E-state index is 0.109. The zero-order valence-electron chi connectivity index (χ0n) is 9.74. The largest absolute Gasteiger partial charge is 0.334 e. The molecule has 1 aromatic carbocycles. The first-order chi connectivity index (χ1) is 8.65. The Bertz CT molecular complexity index is 592. The van der Waals surface area contributed by atoms with Crippen LogP contribution in [0.3, 0.4) is 0 Å². The van der Waals surface area contributed by atoms with Gasteiger partial charge in [0.2, 0.25) is 0 Å². The molecular weight excluding hydrogens is 236 g/mol. The summed E-state index contributed by atoms with van der Waals surface area (Å²) < 4.78 is 28.2. The number of hydrogen-bond donors (Lipinski definition) is 1. The maximum atomic E-state index is 13.2. The third kappa shape index (κ3) is 1.80. The predicted molar refractivity (Wildman–Crippen MR) is 63.9 cm³/mol. The lowest BCUT2D eigenvalue weighted by Gasteiger charge is -2.21. The molecule has 1 aliphatic rings. The van der Waals surface area contributed by atoms with Gasteiger partial charge in [0, 0.05) is 30.3 Å². The highest BCUT2D eigenvalue weighted by atomic mass is 19.2. The van der Waals surface area contributed by atoms with E-state index in [0.717, 1.165) is 24.7 Å². The summed E-state index contributed by atoms with van der Waals surface area (Å²) in [6, 6.07) is 3.96. The van der Waals surface area contributed by atoms with Crippen molar-refractivity contribution in [2.75, 3.05) is 0 Å². The van der Waals surface area contributed by atoms with Gasteiger partial charge in [0.05, 0.1) is 12.0 Å². The molecule has 3 rings (SSSR count). The summed E-state index contributed by atoms with van der Waals surface area (Å²) in [5.74, 6) is -1.70. The van der Waals surface area contributed by atoms with Gasteiger partial charge in [-0.25, -0.2) is 13.8 Å². The molecule has 0 spiro atoms. The summed E-state index contributed by atoms with van der Waals surface area (Å²) in [6.07, 6.45) is 3.37. The van der Waals surface area contributed by atoms with Crippen molar-refractivity contribution in [2.45, 2.75) is 25.4 Å². The van der Waals surface area contributed by atoms with Crippen LogP contribution in [0.2, 0.25) is 0 Å². The molecule has 1 atom stereocenters. The number of nitrogens with two attached hydrogens (primary N) is 1. The third-order valence-electron chi connectivity index (χ3n) is 3.34. The molecule has 0 saturated heterocycles. The smallest absolute Gasteiger partial charge is 0.159 e. The fourth-order valence-electron chi connectivity index (χ4n) is 2.35. The fourth-order valence-corrected chi connectivity index (χ4v) is 2.35. The van der Waals surface area contributed by atoms with Crippen LogP contribution in [0.5, 0.6) is 0 Å². The second-order valence-corrected chi connectivity index (χ2v) is 4.62. The SMILES string of the molecule is NC1CCn2cnc(-c3ccc(F)c(F)c3)c2C1. The Morgan fingerprint density at radius 1 is 1.28 bits per heavy atom. The Morgan fingerprint density at radius 2 is 2.11 bits per heavy atom. The Kier molecular flexibility index (Phi) is 2.63. The zero-order chi connectivity index (χ0) is 12.7. The number of aromatic nitrogens is 2. The monoisotopic (exact) mass is 249 g/mol. The molecule has 5 heteroatoms. The minimum Gasteiger partial charge on any atom is -0.334 e. The molecule has 18 heavy (non-hydrogen) atoms. The van der Waals surface area contributed by atoms with E-state index < -0.39 is 11.6 Å². The number of nitrogens with zero attached hydrogens (tertiary/aromatic N) is 2. The molecule has 94 valence electrons. The van der Waals surface area contributed by atoms with Crippen LogP contribution in [0.4, 0.5) is 8.78 Å². The van der Waals surface area contributed by atoms with Crippen LogP contribution in [-0.2, 0) is 13.0 Å². The van der Waals surface area contributed by atoms with Crippen molar-refractivity contribution in [2.24, 2.45) is 5.73 Å². The Morgan fingerprint density at radius 3 is 2.89 bits per heavy atom. The number of fused-ring (bicyclic) bond motifs is 1. The average Bonchev–Trinajstić information content (AvgIpc) is 2.75. The van der Waals surface area contributed by atoms with Gasteiger partial charge in [0.1, 0.15) is 0 Å². The highest BCUT2D eigenvalue weighted by Gasteiger charge is 2.21. The van der Waals surface area contributed by atoms with Gasteiger partial charge in [-0.05, 0) is 24.6 Å². The maximum absolute atomic E-state index is 13.2. The second kappa shape index (κ2) is 4.17. The van der Waals surface area contributed by atoms with Crippen LogP contribution in [-0.4, -0.2) is 15.6 Å². The van der Waals surface area contributed by atoms with Crippen LogP contribution >= 0.6 is 0 Å². The van der Waals surface area contributed by atoms with Crippen LogP contribution in [0, 0.1) is 11.6 Å². The van der Waals surface area contributed by atoms with E-state index in [1.54, 1.807) is 12.4 Å². The Labute approximate surface area is 103 Å². The van der Waals surface area contributed by atoms with Gasteiger partial charge in [0.15, 0.2) is 11.6 Å². The lowest BCUT2D eigenvalue weighted by Crippen LogP contribution is -2.30. The topological polar surface area (TPSA) is 43.8 Å². The van der Waals surface area contributed by atoms with Gasteiger partial charge in [-0.3, -0.25) is 0 Å². The maximum Gasteiger partial charge on any atom is 0.159 e. The summed E-state index contributed by atoms with van der Waals surface area (Å²) in [5.41, 5.74) is 8.23. The lowest BCUT2D eigenvalue weighted by molar-refractivity contribution is 0.472. The van der Waals surface area contributed by atoms with Crippen molar-refractivity contribution in [1.82, 2.24) is 9.55 Å². The Hall–Kier alpha value is -1.75. The molecule has 1 unspecified atom stereocenters. The van der Waals surface area contributed by atoms with Crippen LogP contribution in [0.25, 0.3) is 11.3 Å². The van der Waals surface area contributed by atoms with Gasteiger partial charge in [0.25, 0.3) is 0 Å². The van der Waals surface area contributed by atoms with E-state index in [1.165, 1.54) is 6.07 Å². The molecule has 0 amide bonds. The molecule has 1 aliphatic heterocycles. The number of halogens is 2. The number of imidazole rings is 1. The van der Waals surface area contributed by atoms with E-state index in [4.69, 9.17) is 5.73 Å². The van der Waals surface area contributed by atoms with Gasteiger partial charge < -0.3 is 10.3 Å². The molecule has 2 N–H and O–H groups in total. The average molecular weight is 249 g/mol. The van der Waals surface area contributed by atoms with Crippen molar-refractivity contribution < 1.29 is 8.78 Å². The molecular formula is C13H13F2N3. The molecule has 2 aromatic rings. The molecule has 0 fully saturated rings. The predicted octanol–water partition coefficient (Wildman–Crippen LogP) is 2.10. The molecule has 1 aromatic heterocycles. The molecule has 0 aliphatic carbocycles. The van der Waals surface area contributed by atoms with Crippen molar-refractivity contribution in [1.29, 1.82) is 0 Å². The van der Waals surface area contributed by atoms with Gasteiger partial charge in [-0.2, -0.15) is 0 Å². The second-order valence-electron chi connectivity index (χ2n) is 4.62. The molecule has 0 radical (unpaired) electrons. The summed E-state index contributed by atoms with van der Waals surface area (Å²) in [5, 5.41) is 0. The first-order valence-electron chi connectivity index (χ1n) is 5.90. The first kappa shape index (κ1) is 11.3. The fraction of sp³-hybridized carbons (Fsp3) is 0.308. The number of hydrogen-bond acceptors (Lipinski definition) is 2. The highest BCUT2D eigenvalue weighted by molar-refractivity contribution is 5.62. The van der Waals surface area contributed by atoms with Gasteiger partial charge in [-0.1, -0.05) is 0 Å². The zero-order valence-corrected chi connectivity index (χ0v) is 9.74. The van der Waals surface area contributed by atoms with E-state index in [2.05, 4.69) is 4.98 Å². The minimum atomic E-state index is -0.852. The summed E-state index contributed by atoms with van der Waals surface area (Å²) in [7, 11) is 0. The van der Waals surface area contributed by atoms with Crippen LogP contribution in [0.1, 0.15) is 12.1 Å². The first-order valence-corrected chi connectivity index (χ1v) is 5.90. The highest BCUT2D eigenvalue weighted by Crippen LogP contribution is 2.27. The third-order valence-corrected chi connectivity index (χ3v) is 3.34. The van der Waals surface area contributed by atoms with Crippen LogP contribution < -0.4 is 5.73 Å². The van der Waals surface area contributed by atoms with Crippen molar-refractivity contribution in [3.63, 3.8) is 0 Å². The molecule has 3 nitrogen and oxygen atoms in total. The van der Waals surface area contributed by atoms with Crippen LogP contribution in [0.15, 0.2) is 24.5 Å². The van der Waals surface area contributed by atoms with E-state index >= 15 is 0 Å². The lowest BCUT2D eigenvalue weighted by atomic mass is 10.0. The summed E-state index contributed by atoms with van der Waals surface area (Å²) in [4.78, 5) is 4.29. The van der Waals surface area contributed by atoms with E-state index in [0.29, 0.717) is 17.7 Å². The number of rotatable bonds is 1. The number of benzene rings is 1. The normalized spacial score (nSPS) is 18.7.